The lowest BCUT2D eigenvalue weighted by molar-refractivity contribution is -0.130. The zero-order valence-electron chi connectivity index (χ0n) is 12.7. The van der Waals surface area contributed by atoms with Crippen molar-refractivity contribution in [3.8, 4) is 11.4 Å². The van der Waals surface area contributed by atoms with E-state index in [2.05, 4.69) is 36.4 Å². The average Bonchev–Trinajstić information content (AvgIpc) is 2.99. The molecule has 23 heavy (non-hydrogen) atoms. The van der Waals surface area contributed by atoms with Crippen molar-refractivity contribution in [2.45, 2.75) is 5.16 Å². The number of halogens is 1. The number of nitrogens with zero attached hydrogens (tertiary/aromatic N) is 3. The summed E-state index contributed by atoms with van der Waals surface area (Å²) in [5.74, 6) is 0.381. The van der Waals surface area contributed by atoms with Crippen molar-refractivity contribution < 1.29 is 9.59 Å². The lowest BCUT2D eigenvalue weighted by atomic mass is 10.2. The Morgan fingerprint density at radius 1 is 1.35 bits per heavy atom. The number of benzene rings is 1. The topological polar surface area (TPSA) is 91.0 Å². The molecule has 0 bridgehead atoms. The van der Waals surface area contributed by atoms with Gasteiger partial charge in [0.2, 0.25) is 17.0 Å². The predicted octanol–water partition coefficient (Wildman–Crippen LogP) is 1.53. The molecule has 0 aliphatic rings. The monoisotopic (exact) mass is 397 g/mol. The van der Waals surface area contributed by atoms with Gasteiger partial charge in [-0.2, -0.15) is 0 Å². The zero-order valence-corrected chi connectivity index (χ0v) is 15.1. The van der Waals surface area contributed by atoms with Crippen molar-refractivity contribution >= 4 is 39.5 Å². The largest absolute Gasteiger partial charge is 0.347 e. The van der Waals surface area contributed by atoms with Crippen LogP contribution < -0.4 is 5.32 Å². The van der Waals surface area contributed by atoms with Gasteiger partial charge in [0.25, 0.3) is 0 Å². The fourth-order valence-corrected chi connectivity index (χ4v) is 2.70. The predicted molar refractivity (Wildman–Crippen MR) is 91.9 cm³/mol. The Bertz CT molecular complexity index is 704. The fourth-order valence-electron chi connectivity index (χ4n) is 1.60. The van der Waals surface area contributed by atoms with Gasteiger partial charge in [0.1, 0.15) is 0 Å². The van der Waals surface area contributed by atoms with Crippen molar-refractivity contribution in [2.75, 3.05) is 26.4 Å². The molecule has 0 saturated heterocycles. The molecule has 1 aromatic carbocycles. The van der Waals surface area contributed by atoms with Gasteiger partial charge in [-0.15, -0.1) is 5.10 Å². The Balaban J connectivity index is 1.87. The van der Waals surface area contributed by atoms with Crippen LogP contribution in [0.4, 0.5) is 0 Å². The van der Waals surface area contributed by atoms with Gasteiger partial charge in [-0.1, -0.05) is 45.9 Å². The van der Waals surface area contributed by atoms with Gasteiger partial charge in [0.05, 0.1) is 12.3 Å². The van der Waals surface area contributed by atoms with E-state index in [1.807, 2.05) is 24.3 Å². The number of amides is 2. The maximum Gasteiger partial charge on any atom is 0.241 e. The molecule has 0 unspecified atom stereocenters. The third-order valence-corrected chi connectivity index (χ3v) is 4.40. The van der Waals surface area contributed by atoms with Gasteiger partial charge in [0.15, 0.2) is 5.82 Å². The van der Waals surface area contributed by atoms with E-state index in [9.17, 15) is 9.59 Å². The molecular weight excluding hydrogens is 382 g/mol. The first-order valence-corrected chi connectivity index (χ1v) is 8.52. The molecule has 2 N–H and O–H groups in total. The first kappa shape index (κ1) is 17.5. The second-order valence-electron chi connectivity index (χ2n) is 4.80. The quantitative estimate of drug-likeness (QED) is 0.721. The maximum absolute atomic E-state index is 11.7. The lowest BCUT2D eigenvalue weighted by Gasteiger charge is -2.10. The number of H-pyrrole nitrogens is 1. The standard InChI is InChI=1S/C14H16BrN5O2S/c1-20(2)12(22)7-16-11(21)8-23-14-17-13(18-19-14)9-5-3-4-6-10(9)15/h3-6H,7-8H2,1-2H3,(H,16,21)(H,17,18,19). The highest BCUT2D eigenvalue weighted by Gasteiger charge is 2.11. The van der Waals surface area contributed by atoms with Crippen LogP contribution >= 0.6 is 27.7 Å². The van der Waals surface area contributed by atoms with Crippen LogP contribution in [0.25, 0.3) is 11.4 Å². The SMILES string of the molecule is CN(C)C(=O)CNC(=O)CSc1n[nH]c(-c2ccccc2Br)n1. The molecule has 122 valence electrons. The van der Waals surface area contributed by atoms with E-state index in [1.165, 1.54) is 16.7 Å². The molecule has 0 fully saturated rings. The summed E-state index contributed by atoms with van der Waals surface area (Å²) in [5.41, 5.74) is 0.896. The molecule has 2 rings (SSSR count). The minimum Gasteiger partial charge on any atom is -0.347 e. The van der Waals surface area contributed by atoms with E-state index >= 15 is 0 Å². The highest BCUT2D eigenvalue weighted by atomic mass is 79.9. The Hall–Kier alpha value is -1.87. The average molecular weight is 398 g/mol. The molecule has 1 heterocycles. The first-order valence-electron chi connectivity index (χ1n) is 6.74. The van der Waals surface area contributed by atoms with Crippen LogP contribution in [0.3, 0.4) is 0 Å². The van der Waals surface area contributed by atoms with Crippen LogP contribution in [-0.4, -0.2) is 58.3 Å². The minimum absolute atomic E-state index is 0.0113. The fraction of sp³-hybridized carbons (Fsp3) is 0.286. The van der Waals surface area contributed by atoms with Gasteiger partial charge in [-0.25, -0.2) is 4.98 Å². The molecule has 9 heteroatoms. The minimum atomic E-state index is -0.238. The normalized spacial score (nSPS) is 10.4. The number of aromatic nitrogens is 3. The summed E-state index contributed by atoms with van der Waals surface area (Å²) in [5, 5.41) is 9.96. The maximum atomic E-state index is 11.7. The molecule has 0 aliphatic heterocycles. The zero-order chi connectivity index (χ0) is 16.8. The van der Waals surface area contributed by atoms with Crippen LogP contribution in [-0.2, 0) is 9.59 Å². The van der Waals surface area contributed by atoms with Gasteiger partial charge < -0.3 is 10.2 Å². The van der Waals surface area contributed by atoms with Crippen LogP contribution in [0.5, 0.6) is 0 Å². The van der Waals surface area contributed by atoms with Crippen molar-refractivity contribution in [2.24, 2.45) is 0 Å². The van der Waals surface area contributed by atoms with Gasteiger partial charge in [0, 0.05) is 24.1 Å². The van der Waals surface area contributed by atoms with Crippen LogP contribution in [0.15, 0.2) is 33.9 Å². The molecule has 2 aromatic rings. The highest BCUT2D eigenvalue weighted by molar-refractivity contribution is 9.10. The van der Waals surface area contributed by atoms with Gasteiger partial charge in [-0.05, 0) is 6.07 Å². The third-order valence-electron chi connectivity index (χ3n) is 2.86. The van der Waals surface area contributed by atoms with Crippen molar-refractivity contribution in [3.05, 3.63) is 28.7 Å². The van der Waals surface area contributed by atoms with E-state index in [0.29, 0.717) is 11.0 Å². The van der Waals surface area contributed by atoms with Gasteiger partial charge in [-0.3, -0.25) is 14.7 Å². The number of carbonyl (C=O) groups excluding carboxylic acids is 2. The third kappa shape index (κ3) is 5.07. The summed E-state index contributed by atoms with van der Waals surface area (Å²) < 4.78 is 0.910. The van der Waals surface area contributed by atoms with E-state index in [4.69, 9.17) is 0 Å². The number of rotatable bonds is 6. The van der Waals surface area contributed by atoms with Gasteiger partial charge >= 0.3 is 0 Å². The van der Waals surface area contributed by atoms with Crippen molar-refractivity contribution in [3.63, 3.8) is 0 Å². The number of likely N-dealkylation sites (N-methyl/N-ethyl adjacent to an activating group) is 1. The summed E-state index contributed by atoms with van der Waals surface area (Å²) in [6, 6.07) is 7.65. The molecule has 0 radical (unpaired) electrons. The Kier molecular flexibility index (Phi) is 6.17. The first-order chi connectivity index (χ1) is 11.0. The Morgan fingerprint density at radius 2 is 2.09 bits per heavy atom. The van der Waals surface area contributed by atoms with Crippen LogP contribution in [0.1, 0.15) is 0 Å². The Labute approximate surface area is 146 Å². The molecule has 2 amide bonds. The second kappa shape index (κ2) is 8.11. The van der Waals surface area contributed by atoms with Crippen LogP contribution in [0.2, 0.25) is 0 Å². The van der Waals surface area contributed by atoms with E-state index in [0.717, 1.165) is 10.0 Å². The molecule has 0 atom stereocenters. The highest BCUT2D eigenvalue weighted by Crippen LogP contribution is 2.26. The Morgan fingerprint density at radius 3 is 2.78 bits per heavy atom. The molecule has 0 spiro atoms. The molecule has 0 aliphatic carbocycles. The van der Waals surface area contributed by atoms with E-state index in [1.54, 1.807) is 14.1 Å². The number of hydrogen-bond donors (Lipinski definition) is 2. The second-order valence-corrected chi connectivity index (χ2v) is 6.60. The number of carbonyl (C=O) groups is 2. The molecule has 7 nitrogen and oxygen atoms in total. The summed E-state index contributed by atoms with van der Waals surface area (Å²) in [6.45, 7) is -0.0113. The number of nitrogens with one attached hydrogen (secondary N) is 2. The number of thioether (sulfide) groups is 1. The lowest BCUT2D eigenvalue weighted by Crippen LogP contribution is -2.36. The molecule has 0 saturated carbocycles. The van der Waals surface area contributed by atoms with Crippen LogP contribution in [0, 0.1) is 0 Å². The smallest absolute Gasteiger partial charge is 0.241 e. The summed E-state index contributed by atoms with van der Waals surface area (Å²) in [4.78, 5) is 28.9. The van der Waals surface area contributed by atoms with E-state index in [-0.39, 0.29) is 24.1 Å². The number of aromatic amines is 1. The summed E-state index contributed by atoms with van der Waals surface area (Å²) in [7, 11) is 3.28. The van der Waals surface area contributed by atoms with Crippen molar-refractivity contribution in [1.82, 2.24) is 25.4 Å². The number of hydrogen-bond acceptors (Lipinski definition) is 5. The van der Waals surface area contributed by atoms with Crippen molar-refractivity contribution in [1.29, 1.82) is 0 Å². The molecular formula is C14H16BrN5O2S. The summed E-state index contributed by atoms with van der Waals surface area (Å²) >= 11 is 4.66. The molecule has 1 aromatic heterocycles. The van der Waals surface area contributed by atoms with E-state index < -0.39 is 0 Å². The summed E-state index contributed by atoms with van der Waals surface area (Å²) in [6.07, 6.45) is 0.